The minimum Gasteiger partial charge on any atom is -0.493 e. The lowest BCUT2D eigenvalue weighted by Gasteiger charge is -2.15. The Hall–Kier alpha value is -1.75. The molecule has 1 atom stereocenters. The molecule has 94 valence electrons. The topological polar surface area (TPSA) is 76.0 Å². The maximum absolute atomic E-state index is 10.5. The lowest BCUT2D eigenvalue weighted by atomic mass is 10.2. The Bertz CT molecular complexity index is 388. The molecule has 17 heavy (non-hydrogen) atoms. The van der Waals surface area contributed by atoms with E-state index in [9.17, 15) is 4.79 Å². The number of carbonyl (C=O) groups is 1. The molecule has 2 N–H and O–H groups in total. The molecule has 5 nitrogen and oxygen atoms in total. The summed E-state index contributed by atoms with van der Waals surface area (Å²) in [5.41, 5.74) is 0.708. The molecule has 0 aliphatic heterocycles. The molecule has 0 aromatic heterocycles. The number of carboxylic acids is 1. The molecule has 1 rings (SSSR count). The van der Waals surface area contributed by atoms with Crippen LogP contribution in [0, 0.1) is 0 Å². The Morgan fingerprint density at radius 1 is 1.41 bits per heavy atom. The van der Waals surface area contributed by atoms with Crippen LogP contribution in [0.3, 0.4) is 0 Å². The highest BCUT2D eigenvalue weighted by atomic mass is 16.5. The molecule has 0 spiro atoms. The molecule has 0 bridgehead atoms. The van der Waals surface area contributed by atoms with Gasteiger partial charge in [0.2, 0.25) is 0 Å². The summed E-state index contributed by atoms with van der Waals surface area (Å²) in [5.74, 6) is 0.0377. The lowest BCUT2D eigenvalue weighted by molar-refractivity contribution is -0.138. The van der Waals surface area contributed by atoms with Crippen LogP contribution >= 0.6 is 0 Å². The second kappa shape index (κ2) is 6.10. The maximum atomic E-state index is 10.5. The average molecular weight is 240 g/mol. The van der Waals surface area contributed by atoms with Crippen LogP contribution in [-0.4, -0.2) is 29.4 Å². The van der Waals surface area contributed by atoms with Crippen molar-refractivity contribution in [3.05, 3.63) is 23.8 Å². The molecule has 0 unspecified atom stereocenters. The summed E-state index contributed by atoms with van der Waals surface area (Å²) in [7, 11) is 1.49. The number of aliphatic hydroxyl groups excluding tert-OH is 1. The molecule has 5 heteroatoms. The van der Waals surface area contributed by atoms with Gasteiger partial charge in [0.05, 0.1) is 20.1 Å². The Morgan fingerprint density at radius 2 is 2.12 bits per heavy atom. The van der Waals surface area contributed by atoms with Crippen molar-refractivity contribution in [2.75, 3.05) is 7.11 Å². The summed E-state index contributed by atoms with van der Waals surface area (Å²) in [6.45, 7) is 1.59. The highest BCUT2D eigenvalue weighted by Crippen LogP contribution is 2.29. The normalized spacial score (nSPS) is 11.9. The Labute approximate surface area is 99.6 Å². The summed E-state index contributed by atoms with van der Waals surface area (Å²) in [4.78, 5) is 10.5. The van der Waals surface area contributed by atoms with Gasteiger partial charge in [0.1, 0.15) is 6.10 Å². The number of aliphatic carboxylic acids is 1. The zero-order valence-corrected chi connectivity index (χ0v) is 9.84. The first-order valence-electron chi connectivity index (χ1n) is 5.23. The number of rotatable bonds is 6. The van der Waals surface area contributed by atoms with Crippen molar-refractivity contribution in [3.63, 3.8) is 0 Å². The summed E-state index contributed by atoms with van der Waals surface area (Å²) < 4.78 is 10.6. The number of carboxylic acid groups (broad SMARTS) is 1. The molecule has 0 saturated heterocycles. The summed E-state index contributed by atoms with van der Waals surface area (Å²) in [6, 6.07) is 5.01. The van der Waals surface area contributed by atoms with Crippen LogP contribution in [0.15, 0.2) is 18.2 Å². The van der Waals surface area contributed by atoms with Crippen molar-refractivity contribution in [1.82, 2.24) is 0 Å². The highest BCUT2D eigenvalue weighted by Gasteiger charge is 2.12. The Balaban J connectivity index is 2.79. The minimum absolute atomic E-state index is 0.0785. The van der Waals surface area contributed by atoms with Crippen LogP contribution in [-0.2, 0) is 11.4 Å². The SMILES string of the molecule is COc1cc(CO)ccc1O[C@H](C)CC(=O)O. The number of ether oxygens (including phenoxy) is 2. The van der Waals surface area contributed by atoms with Crippen molar-refractivity contribution in [1.29, 1.82) is 0 Å². The van der Waals surface area contributed by atoms with Gasteiger partial charge in [0.25, 0.3) is 0 Å². The summed E-state index contributed by atoms with van der Waals surface area (Å²) in [5, 5.41) is 17.6. The third kappa shape index (κ3) is 3.96. The van der Waals surface area contributed by atoms with E-state index in [0.717, 1.165) is 0 Å². The molecule has 1 aromatic carbocycles. The third-order valence-electron chi connectivity index (χ3n) is 2.20. The minimum atomic E-state index is -0.913. The van der Waals surface area contributed by atoms with Crippen molar-refractivity contribution in [3.8, 4) is 11.5 Å². The van der Waals surface area contributed by atoms with E-state index in [0.29, 0.717) is 17.1 Å². The predicted octanol–water partition coefficient (Wildman–Crippen LogP) is 1.43. The number of benzene rings is 1. The standard InChI is InChI=1S/C12H16O5/c1-8(5-12(14)15)17-10-4-3-9(7-13)6-11(10)16-2/h3-4,6,8,13H,5,7H2,1-2H3,(H,14,15)/t8-/m1/s1. The fraction of sp³-hybridized carbons (Fsp3) is 0.417. The van der Waals surface area contributed by atoms with Gasteiger partial charge in [-0.1, -0.05) is 6.07 Å². The van der Waals surface area contributed by atoms with E-state index in [-0.39, 0.29) is 13.0 Å². The van der Waals surface area contributed by atoms with Gasteiger partial charge in [0, 0.05) is 0 Å². The van der Waals surface area contributed by atoms with Crippen LogP contribution in [0.25, 0.3) is 0 Å². The predicted molar refractivity (Wildman–Crippen MR) is 61.3 cm³/mol. The van der Waals surface area contributed by atoms with Crippen molar-refractivity contribution < 1.29 is 24.5 Å². The molecular weight excluding hydrogens is 224 g/mol. The van der Waals surface area contributed by atoms with E-state index < -0.39 is 12.1 Å². The largest absolute Gasteiger partial charge is 0.493 e. The molecule has 0 aliphatic rings. The van der Waals surface area contributed by atoms with Crippen LogP contribution in [0.2, 0.25) is 0 Å². The van der Waals surface area contributed by atoms with Gasteiger partial charge in [-0.15, -0.1) is 0 Å². The second-order valence-electron chi connectivity index (χ2n) is 3.67. The van der Waals surface area contributed by atoms with Crippen LogP contribution < -0.4 is 9.47 Å². The number of hydrogen-bond donors (Lipinski definition) is 2. The molecule has 0 saturated carbocycles. The zero-order chi connectivity index (χ0) is 12.8. The van der Waals surface area contributed by atoms with Gasteiger partial charge in [-0.05, 0) is 24.6 Å². The monoisotopic (exact) mass is 240 g/mol. The molecule has 0 heterocycles. The Kier molecular flexibility index (Phi) is 4.78. The summed E-state index contributed by atoms with van der Waals surface area (Å²) in [6.07, 6.45) is -0.522. The fourth-order valence-electron chi connectivity index (χ4n) is 1.41. The van der Waals surface area contributed by atoms with E-state index >= 15 is 0 Å². The Morgan fingerprint density at radius 3 is 2.65 bits per heavy atom. The van der Waals surface area contributed by atoms with E-state index in [4.69, 9.17) is 19.7 Å². The van der Waals surface area contributed by atoms with Crippen molar-refractivity contribution in [2.45, 2.75) is 26.1 Å². The molecule has 0 amide bonds. The quantitative estimate of drug-likeness (QED) is 0.786. The fourth-order valence-corrected chi connectivity index (χ4v) is 1.41. The lowest BCUT2D eigenvalue weighted by Crippen LogP contribution is -2.17. The van der Waals surface area contributed by atoms with Crippen LogP contribution in [0.4, 0.5) is 0 Å². The second-order valence-corrected chi connectivity index (χ2v) is 3.67. The first-order valence-corrected chi connectivity index (χ1v) is 5.23. The first kappa shape index (κ1) is 13.3. The van der Waals surface area contributed by atoms with Crippen molar-refractivity contribution >= 4 is 5.97 Å². The zero-order valence-electron chi connectivity index (χ0n) is 9.84. The molecular formula is C12H16O5. The molecule has 0 fully saturated rings. The smallest absolute Gasteiger partial charge is 0.307 e. The summed E-state index contributed by atoms with van der Waals surface area (Å²) >= 11 is 0. The van der Waals surface area contributed by atoms with Gasteiger partial charge in [-0.3, -0.25) is 4.79 Å². The van der Waals surface area contributed by atoms with Gasteiger partial charge in [0.15, 0.2) is 11.5 Å². The van der Waals surface area contributed by atoms with Crippen LogP contribution in [0.5, 0.6) is 11.5 Å². The maximum Gasteiger partial charge on any atom is 0.307 e. The molecule has 0 aliphatic carbocycles. The van der Waals surface area contributed by atoms with E-state index in [1.807, 2.05) is 0 Å². The molecule has 0 radical (unpaired) electrons. The average Bonchev–Trinajstić information content (AvgIpc) is 2.28. The van der Waals surface area contributed by atoms with Gasteiger partial charge < -0.3 is 19.7 Å². The number of methoxy groups -OCH3 is 1. The highest BCUT2D eigenvalue weighted by molar-refractivity contribution is 5.67. The van der Waals surface area contributed by atoms with Crippen molar-refractivity contribution in [2.24, 2.45) is 0 Å². The number of hydrogen-bond acceptors (Lipinski definition) is 4. The van der Waals surface area contributed by atoms with E-state index in [2.05, 4.69) is 0 Å². The van der Waals surface area contributed by atoms with Gasteiger partial charge in [-0.2, -0.15) is 0 Å². The van der Waals surface area contributed by atoms with E-state index in [1.165, 1.54) is 7.11 Å². The first-order chi connectivity index (χ1) is 8.06. The third-order valence-corrected chi connectivity index (χ3v) is 2.20. The van der Waals surface area contributed by atoms with Gasteiger partial charge in [-0.25, -0.2) is 0 Å². The molecule has 1 aromatic rings. The number of aliphatic hydroxyl groups is 1. The van der Waals surface area contributed by atoms with Crippen LogP contribution in [0.1, 0.15) is 18.9 Å². The van der Waals surface area contributed by atoms with Gasteiger partial charge >= 0.3 is 5.97 Å². The van der Waals surface area contributed by atoms with E-state index in [1.54, 1.807) is 25.1 Å².